The molecule has 0 saturated heterocycles. The smallest absolute Gasteiger partial charge is 0.263 e. The van der Waals surface area contributed by atoms with Crippen LogP contribution in [-0.4, -0.2) is 33.4 Å². The van der Waals surface area contributed by atoms with Crippen LogP contribution in [0.25, 0.3) is 10.9 Å². The van der Waals surface area contributed by atoms with E-state index in [1.54, 1.807) is 30.0 Å². The molecule has 6 nitrogen and oxygen atoms in total. The average Bonchev–Trinajstić information content (AvgIpc) is 2.72. The summed E-state index contributed by atoms with van der Waals surface area (Å²) in [5.74, 6) is 1.28. The zero-order chi connectivity index (χ0) is 22.5. The number of ether oxygens (including phenoxy) is 1. The van der Waals surface area contributed by atoms with Gasteiger partial charge < -0.3 is 14.6 Å². The summed E-state index contributed by atoms with van der Waals surface area (Å²) < 4.78 is 5.94. The van der Waals surface area contributed by atoms with Gasteiger partial charge in [0.05, 0.1) is 17.4 Å². The second-order valence-corrected chi connectivity index (χ2v) is 8.36. The third kappa shape index (κ3) is 5.64. The standard InChI is InChI=1S/C24H28ClN3O3/c1-5-11-28(14-22-26-21-13-18(25)9-10-20(21)23(29)27-22)24(30)16(4)31-19-8-6-7-17(12-19)15(2)3/h6-10,12-13,15-16H,5,11,14H2,1-4H3,(H,26,27,29). The molecule has 0 aliphatic heterocycles. The van der Waals surface area contributed by atoms with Gasteiger partial charge >= 0.3 is 0 Å². The molecule has 0 fully saturated rings. The lowest BCUT2D eigenvalue weighted by molar-refractivity contribution is -0.138. The van der Waals surface area contributed by atoms with Gasteiger partial charge in [-0.25, -0.2) is 4.98 Å². The Morgan fingerprint density at radius 2 is 1.97 bits per heavy atom. The number of carbonyl (C=O) groups is 1. The van der Waals surface area contributed by atoms with E-state index in [-0.39, 0.29) is 18.0 Å². The average molecular weight is 442 g/mol. The maximum absolute atomic E-state index is 13.1. The van der Waals surface area contributed by atoms with Gasteiger partial charge in [0.25, 0.3) is 11.5 Å². The fourth-order valence-corrected chi connectivity index (χ4v) is 3.58. The van der Waals surface area contributed by atoms with Gasteiger partial charge in [0, 0.05) is 11.6 Å². The second-order valence-electron chi connectivity index (χ2n) is 7.92. The molecule has 31 heavy (non-hydrogen) atoms. The van der Waals surface area contributed by atoms with E-state index in [0.717, 1.165) is 12.0 Å². The number of rotatable bonds is 8. The monoisotopic (exact) mass is 441 g/mol. The first kappa shape index (κ1) is 22.8. The number of H-pyrrole nitrogens is 1. The molecule has 2 aromatic carbocycles. The second kappa shape index (κ2) is 9.96. The molecule has 7 heteroatoms. The first-order valence-electron chi connectivity index (χ1n) is 10.5. The van der Waals surface area contributed by atoms with Crippen LogP contribution in [0, 0.1) is 0 Å². The van der Waals surface area contributed by atoms with Crippen molar-refractivity contribution in [1.29, 1.82) is 0 Å². The van der Waals surface area contributed by atoms with Crippen LogP contribution in [0.15, 0.2) is 47.3 Å². The van der Waals surface area contributed by atoms with Gasteiger partial charge in [0.2, 0.25) is 0 Å². The molecule has 1 amide bonds. The van der Waals surface area contributed by atoms with Crippen molar-refractivity contribution in [3.63, 3.8) is 0 Å². The minimum absolute atomic E-state index is 0.161. The number of carbonyl (C=O) groups excluding carboxylic acids is 1. The molecule has 0 aliphatic rings. The Hall–Kier alpha value is -2.86. The van der Waals surface area contributed by atoms with Crippen LogP contribution in [0.1, 0.15) is 51.4 Å². The van der Waals surface area contributed by atoms with Crippen molar-refractivity contribution in [1.82, 2.24) is 14.9 Å². The zero-order valence-electron chi connectivity index (χ0n) is 18.3. The minimum atomic E-state index is -0.671. The molecule has 1 N–H and O–H groups in total. The van der Waals surface area contributed by atoms with E-state index in [1.165, 1.54) is 0 Å². The fraction of sp³-hybridized carbons (Fsp3) is 0.375. The summed E-state index contributed by atoms with van der Waals surface area (Å²) in [5.41, 5.74) is 1.40. The fourth-order valence-electron chi connectivity index (χ4n) is 3.41. The largest absolute Gasteiger partial charge is 0.481 e. The summed E-state index contributed by atoms with van der Waals surface area (Å²) in [6, 6.07) is 12.7. The lowest BCUT2D eigenvalue weighted by Crippen LogP contribution is -2.41. The van der Waals surface area contributed by atoms with Crippen LogP contribution in [0.5, 0.6) is 5.75 Å². The van der Waals surface area contributed by atoms with E-state index in [4.69, 9.17) is 16.3 Å². The zero-order valence-corrected chi connectivity index (χ0v) is 19.1. The lowest BCUT2D eigenvalue weighted by Gasteiger charge is -2.25. The van der Waals surface area contributed by atoms with E-state index in [0.29, 0.717) is 40.0 Å². The first-order valence-corrected chi connectivity index (χ1v) is 10.9. The number of amides is 1. The summed E-state index contributed by atoms with van der Waals surface area (Å²) in [4.78, 5) is 34.5. The normalized spacial score (nSPS) is 12.2. The van der Waals surface area contributed by atoms with Crippen molar-refractivity contribution in [2.75, 3.05) is 6.54 Å². The highest BCUT2D eigenvalue weighted by molar-refractivity contribution is 6.31. The third-order valence-electron chi connectivity index (χ3n) is 5.05. The van der Waals surface area contributed by atoms with Gasteiger partial charge in [-0.3, -0.25) is 9.59 Å². The number of fused-ring (bicyclic) bond motifs is 1. The minimum Gasteiger partial charge on any atom is -0.481 e. The highest BCUT2D eigenvalue weighted by Crippen LogP contribution is 2.21. The van der Waals surface area contributed by atoms with Gasteiger partial charge in [-0.1, -0.05) is 44.5 Å². The van der Waals surface area contributed by atoms with Gasteiger partial charge in [-0.05, 0) is 55.2 Å². The summed E-state index contributed by atoms with van der Waals surface area (Å²) in [5, 5.41) is 0.965. The maximum Gasteiger partial charge on any atom is 0.263 e. The molecular weight excluding hydrogens is 414 g/mol. The molecule has 1 aromatic heterocycles. The Morgan fingerprint density at radius 1 is 1.19 bits per heavy atom. The third-order valence-corrected chi connectivity index (χ3v) is 5.28. The van der Waals surface area contributed by atoms with Crippen LogP contribution in [0.3, 0.4) is 0 Å². The maximum atomic E-state index is 13.1. The summed E-state index contributed by atoms with van der Waals surface area (Å²) >= 11 is 6.05. The van der Waals surface area contributed by atoms with Crippen molar-refractivity contribution in [2.24, 2.45) is 0 Å². The molecule has 0 aliphatic carbocycles. The Kier molecular flexibility index (Phi) is 7.33. The van der Waals surface area contributed by atoms with Crippen molar-refractivity contribution >= 4 is 28.4 Å². The number of benzene rings is 2. The van der Waals surface area contributed by atoms with Crippen molar-refractivity contribution in [3.05, 3.63) is 69.2 Å². The van der Waals surface area contributed by atoms with Crippen molar-refractivity contribution in [3.8, 4) is 5.75 Å². The molecule has 0 bridgehead atoms. The topological polar surface area (TPSA) is 75.3 Å². The van der Waals surface area contributed by atoms with E-state index in [1.807, 2.05) is 31.2 Å². The molecule has 1 unspecified atom stereocenters. The summed E-state index contributed by atoms with van der Waals surface area (Å²) in [7, 11) is 0. The Labute approximate surface area is 187 Å². The number of aromatic nitrogens is 2. The van der Waals surface area contributed by atoms with Crippen molar-refractivity contribution < 1.29 is 9.53 Å². The number of hydrogen-bond acceptors (Lipinski definition) is 4. The van der Waals surface area contributed by atoms with Crippen LogP contribution in [0.4, 0.5) is 0 Å². The molecule has 3 rings (SSSR count). The van der Waals surface area contributed by atoms with Gasteiger partial charge in [0.15, 0.2) is 6.10 Å². The van der Waals surface area contributed by atoms with Crippen LogP contribution >= 0.6 is 11.6 Å². The SMILES string of the molecule is CCCN(Cc1nc2cc(Cl)ccc2c(=O)[nH]1)C(=O)C(C)Oc1cccc(C(C)C)c1. The molecule has 0 spiro atoms. The predicted octanol–water partition coefficient (Wildman–Crippen LogP) is 4.91. The van der Waals surface area contributed by atoms with Crippen LogP contribution in [-0.2, 0) is 11.3 Å². The van der Waals surface area contributed by atoms with E-state index < -0.39 is 6.10 Å². The van der Waals surface area contributed by atoms with Gasteiger partial charge in [-0.15, -0.1) is 0 Å². The van der Waals surface area contributed by atoms with E-state index >= 15 is 0 Å². The summed E-state index contributed by atoms with van der Waals surface area (Å²) in [6.07, 6.45) is 0.0980. The number of aromatic amines is 1. The molecule has 0 radical (unpaired) electrons. The highest BCUT2D eigenvalue weighted by Gasteiger charge is 2.23. The van der Waals surface area contributed by atoms with Crippen LogP contribution in [0.2, 0.25) is 5.02 Å². The number of nitrogens with zero attached hydrogens (tertiary/aromatic N) is 2. The molecule has 1 atom stereocenters. The molecule has 0 saturated carbocycles. The lowest BCUT2D eigenvalue weighted by atomic mass is 10.0. The number of halogens is 1. The van der Waals surface area contributed by atoms with Gasteiger partial charge in [0.1, 0.15) is 11.6 Å². The Bertz CT molecular complexity index is 1130. The molecule has 1 heterocycles. The van der Waals surface area contributed by atoms with Crippen molar-refractivity contribution in [2.45, 2.75) is 52.7 Å². The predicted molar refractivity (Wildman–Crippen MR) is 124 cm³/mol. The molecule has 164 valence electrons. The quantitative estimate of drug-likeness (QED) is 0.539. The van der Waals surface area contributed by atoms with Crippen LogP contribution < -0.4 is 10.3 Å². The Balaban J connectivity index is 1.79. The molecular formula is C24H28ClN3O3. The number of hydrogen-bond donors (Lipinski definition) is 1. The first-order chi connectivity index (χ1) is 14.8. The van der Waals surface area contributed by atoms with E-state index in [2.05, 4.69) is 23.8 Å². The van der Waals surface area contributed by atoms with E-state index in [9.17, 15) is 9.59 Å². The van der Waals surface area contributed by atoms with Gasteiger partial charge in [-0.2, -0.15) is 0 Å². The number of nitrogens with one attached hydrogen (secondary N) is 1. The highest BCUT2D eigenvalue weighted by atomic mass is 35.5. The summed E-state index contributed by atoms with van der Waals surface area (Å²) in [6.45, 7) is 8.67. The molecule has 3 aromatic rings. The Morgan fingerprint density at radius 3 is 2.68 bits per heavy atom.